The van der Waals surface area contributed by atoms with E-state index in [0.717, 1.165) is 4.90 Å². The quantitative estimate of drug-likeness (QED) is 0.636. The Kier molecular flexibility index (Phi) is 4.94. The van der Waals surface area contributed by atoms with Gasteiger partial charge in [-0.1, -0.05) is 11.6 Å². The summed E-state index contributed by atoms with van der Waals surface area (Å²) in [6.07, 6.45) is 2.03. The molecule has 4 atom stereocenters. The van der Waals surface area contributed by atoms with Crippen LogP contribution in [-0.4, -0.2) is 48.0 Å². The number of benzene rings is 1. The molecule has 3 N–H and O–H groups in total. The second-order valence-corrected chi connectivity index (χ2v) is 8.00. The van der Waals surface area contributed by atoms with Crippen molar-refractivity contribution in [2.24, 2.45) is 0 Å². The van der Waals surface area contributed by atoms with Crippen molar-refractivity contribution < 1.29 is 9.84 Å². The number of ether oxygens (including phenoxy) is 1. The van der Waals surface area contributed by atoms with Crippen molar-refractivity contribution in [3.63, 3.8) is 0 Å². The predicted octanol–water partition coefficient (Wildman–Crippen LogP) is 2.72. The molecule has 1 aliphatic heterocycles. The first-order valence-electron chi connectivity index (χ1n) is 7.84. The monoisotopic (exact) mass is 411 g/mol. The number of aromatic nitrogens is 4. The summed E-state index contributed by atoms with van der Waals surface area (Å²) in [6, 6.07) is 7.49. The average Bonchev–Trinajstić information content (AvgIpc) is 3.20. The van der Waals surface area contributed by atoms with E-state index in [1.54, 1.807) is 22.7 Å². The van der Waals surface area contributed by atoms with Gasteiger partial charge in [0.05, 0.1) is 23.6 Å². The van der Waals surface area contributed by atoms with Crippen LogP contribution in [0.2, 0.25) is 5.02 Å². The first-order valence-corrected chi connectivity index (χ1v) is 9.53. The number of anilines is 1. The van der Waals surface area contributed by atoms with Crippen molar-refractivity contribution in [3.8, 4) is 0 Å². The van der Waals surface area contributed by atoms with Crippen LogP contribution in [0.1, 0.15) is 6.23 Å². The summed E-state index contributed by atoms with van der Waals surface area (Å²) >= 11 is 14.1. The van der Waals surface area contributed by atoms with Crippen LogP contribution >= 0.6 is 35.0 Å². The summed E-state index contributed by atoms with van der Waals surface area (Å²) < 4.78 is 7.80. The molecule has 0 radical (unpaired) electrons. The number of imidazole rings is 1. The molecule has 1 aromatic carbocycles. The lowest BCUT2D eigenvalue weighted by atomic mass is 10.2. The van der Waals surface area contributed by atoms with Crippen LogP contribution in [0.4, 0.5) is 5.82 Å². The van der Waals surface area contributed by atoms with E-state index < -0.39 is 17.7 Å². The number of halogens is 2. The maximum absolute atomic E-state index is 9.62. The second-order valence-electron chi connectivity index (χ2n) is 5.81. The fourth-order valence-corrected chi connectivity index (χ4v) is 4.69. The molecule has 4 rings (SSSR count). The number of nitrogens with two attached hydrogens (primary N) is 1. The molecule has 1 aliphatic rings. The fraction of sp³-hybridized carbons (Fsp3) is 0.312. The molecule has 0 aliphatic carbocycles. The molecule has 7 nitrogen and oxygen atoms in total. The van der Waals surface area contributed by atoms with E-state index in [-0.39, 0.29) is 11.9 Å². The van der Waals surface area contributed by atoms with Gasteiger partial charge in [0.25, 0.3) is 0 Å². The van der Waals surface area contributed by atoms with Crippen LogP contribution in [0, 0.1) is 0 Å². The Bertz CT molecular complexity index is 923. The standard InChI is InChI=1S/C16H15Cl2N5O2S/c17-8-1-3-9(4-2-8)26-13-11(18)10(5-24)25-16(13)23-7-22-12-14(19)20-6-21-15(12)23/h1-4,6-7,10-11,13,16,24H,5H2,(H2,19,20,21)/t10-,11-,13+,16-/m1/s1. The van der Waals surface area contributed by atoms with E-state index in [0.29, 0.717) is 22.0 Å². The van der Waals surface area contributed by atoms with Crippen LogP contribution in [0.15, 0.2) is 41.8 Å². The Balaban J connectivity index is 1.71. The van der Waals surface area contributed by atoms with Crippen molar-refractivity contribution in [1.82, 2.24) is 19.5 Å². The number of nitrogen functional groups attached to an aromatic ring is 1. The largest absolute Gasteiger partial charge is 0.394 e. The zero-order valence-corrected chi connectivity index (χ0v) is 15.7. The SMILES string of the molecule is Nc1ncnc2c1ncn2[C@@H]1O[C@H](CO)[C@@H](Cl)[C@@H]1Sc1ccc(Cl)cc1. The third-order valence-corrected chi connectivity index (χ3v) is 6.49. The first-order chi connectivity index (χ1) is 12.6. The summed E-state index contributed by atoms with van der Waals surface area (Å²) in [5, 5.41) is 9.71. The van der Waals surface area contributed by atoms with Gasteiger partial charge in [-0.15, -0.1) is 23.4 Å². The van der Waals surface area contributed by atoms with Crippen molar-refractivity contribution >= 4 is 51.9 Å². The van der Waals surface area contributed by atoms with Gasteiger partial charge in [-0.05, 0) is 24.3 Å². The molecule has 136 valence electrons. The minimum Gasteiger partial charge on any atom is -0.394 e. The van der Waals surface area contributed by atoms with Gasteiger partial charge >= 0.3 is 0 Å². The van der Waals surface area contributed by atoms with Crippen molar-refractivity contribution in [1.29, 1.82) is 0 Å². The molecule has 0 bridgehead atoms. The molecule has 26 heavy (non-hydrogen) atoms. The Hall–Kier alpha value is -1.58. The van der Waals surface area contributed by atoms with E-state index >= 15 is 0 Å². The Morgan fingerprint density at radius 3 is 2.73 bits per heavy atom. The Morgan fingerprint density at radius 2 is 2.00 bits per heavy atom. The number of aliphatic hydroxyl groups is 1. The minimum absolute atomic E-state index is 0.175. The van der Waals surface area contributed by atoms with Crippen LogP contribution < -0.4 is 5.73 Å². The molecule has 1 saturated heterocycles. The third kappa shape index (κ3) is 3.12. The van der Waals surface area contributed by atoms with Gasteiger partial charge in [0.15, 0.2) is 17.7 Å². The third-order valence-electron chi connectivity index (χ3n) is 4.19. The topological polar surface area (TPSA) is 99.1 Å². The zero-order valence-electron chi connectivity index (χ0n) is 13.4. The van der Waals surface area contributed by atoms with Gasteiger partial charge in [0.2, 0.25) is 0 Å². The number of aliphatic hydroxyl groups excluding tert-OH is 1. The maximum Gasteiger partial charge on any atom is 0.167 e. The Morgan fingerprint density at radius 1 is 1.23 bits per heavy atom. The lowest BCUT2D eigenvalue weighted by Gasteiger charge is -2.21. The minimum atomic E-state index is -0.497. The smallest absolute Gasteiger partial charge is 0.167 e. The molecule has 3 aromatic rings. The lowest BCUT2D eigenvalue weighted by molar-refractivity contribution is -0.0189. The van der Waals surface area contributed by atoms with Gasteiger partial charge < -0.3 is 15.6 Å². The molecule has 2 aromatic heterocycles. The molecule has 1 fully saturated rings. The van der Waals surface area contributed by atoms with Gasteiger partial charge in [0, 0.05) is 9.92 Å². The van der Waals surface area contributed by atoms with Gasteiger partial charge in [-0.2, -0.15) is 0 Å². The number of rotatable bonds is 4. The molecule has 0 saturated carbocycles. The molecular formula is C16H15Cl2N5O2S. The van der Waals surface area contributed by atoms with E-state index in [1.807, 2.05) is 24.3 Å². The van der Waals surface area contributed by atoms with E-state index in [1.165, 1.54) is 6.33 Å². The number of thioether (sulfide) groups is 1. The van der Waals surface area contributed by atoms with Crippen molar-refractivity contribution in [3.05, 3.63) is 41.9 Å². The van der Waals surface area contributed by atoms with E-state index in [4.69, 9.17) is 33.7 Å². The molecule has 10 heteroatoms. The van der Waals surface area contributed by atoms with Gasteiger partial charge in [-0.25, -0.2) is 15.0 Å². The summed E-state index contributed by atoms with van der Waals surface area (Å²) in [5.41, 5.74) is 6.94. The van der Waals surface area contributed by atoms with E-state index in [2.05, 4.69) is 15.0 Å². The lowest BCUT2D eigenvalue weighted by Crippen LogP contribution is -2.26. The highest BCUT2D eigenvalue weighted by molar-refractivity contribution is 8.00. The number of nitrogens with zero attached hydrogens (tertiary/aromatic N) is 4. The number of alkyl halides is 1. The zero-order chi connectivity index (χ0) is 18.3. The first kappa shape index (κ1) is 17.8. The Labute approximate surface area is 163 Å². The number of hydrogen-bond donors (Lipinski definition) is 2. The van der Waals surface area contributed by atoms with Gasteiger partial charge in [-0.3, -0.25) is 4.57 Å². The maximum atomic E-state index is 9.62. The highest BCUT2D eigenvalue weighted by Crippen LogP contribution is 2.44. The molecule has 0 spiro atoms. The summed E-state index contributed by atoms with van der Waals surface area (Å²) in [5.74, 6) is 0.301. The normalized spacial score (nSPS) is 25.8. The van der Waals surface area contributed by atoms with E-state index in [9.17, 15) is 5.11 Å². The summed E-state index contributed by atoms with van der Waals surface area (Å²) in [7, 11) is 0. The molecule has 0 unspecified atom stereocenters. The highest BCUT2D eigenvalue weighted by Gasteiger charge is 2.45. The highest BCUT2D eigenvalue weighted by atomic mass is 35.5. The van der Waals surface area contributed by atoms with Crippen molar-refractivity contribution in [2.75, 3.05) is 12.3 Å². The molecular weight excluding hydrogens is 397 g/mol. The fourth-order valence-electron chi connectivity index (χ4n) is 2.92. The molecule has 3 heterocycles. The van der Waals surface area contributed by atoms with Crippen LogP contribution in [0.25, 0.3) is 11.2 Å². The summed E-state index contributed by atoms with van der Waals surface area (Å²) in [6.45, 7) is -0.175. The van der Waals surface area contributed by atoms with Crippen LogP contribution in [0.5, 0.6) is 0 Å². The average molecular weight is 412 g/mol. The summed E-state index contributed by atoms with van der Waals surface area (Å²) in [4.78, 5) is 13.5. The van der Waals surface area contributed by atoms with Crippen LogP contribution in [-0.2, 0) is 4.74 Å². The van der Waals surface area contributed by atoms with Crippen LogP contribution in [0.3, 0.4) is 0 Å². The number of hydrogen-bond acceptors (Lipinski definition) is 7. The van der Waals surface area contributed by atoms with Gasteiger partial charge in [0.1, 0.15) is 17.9 Å². The number of fused-ring (bicyclic) bond motifs is 1. The molecule has 0 amide bonds. The predicted molar refractivity (Wildman–Crippen MR) is 101 cm³/mol. The van der Waals surface area contributed by atoms with Crippen molar-refractivity contribution in [2.45, 2.75) is 27.9 Å². The second kappa shape index (κ2) is 7.21.